The number of thiol groups is 1. The Balaban J connectivity index is 2.24. The molecule has 0 bridgehead atoms. The number of hydrogen-bond donors (Lipinski definition) is 2. The monoisotopic (exact) mass is 353 g/mol. The van der Waals surface area contributed by atoms with Gasteiger partial charge in [0.05, 0.1) is 0 Å². The van der Waals surface area contributed by atoms with E-state index in [1.54, 1.807) is 0 Å². The predicted molar refractivity (Wildman–Crippen MR) is 86.4 cm³/mol. The maximum absolute atomic E-state index is 13.6. The molecule has 0 amide bonds. The van der Waals surface area contributed by atoms with Gasteiger partial charge in [-0.15, -0.1) is 0 Å². The molecule has 0 atom stereocenters. The van der Waals surface area contributed by atoms with E-state index in [9.17, 15) is 4.21 Å². The fourth-order valence-corrected chi connectivity index (χ4v) is 9.62. The van der Waals surface area contributed by atoms with Gasteiger partial charge in [-0.2, -0.15) is 0 Å². The molecule has 106 valence electrons. The summed E-state index contributed by atoms with van der Waals surface area (Å²) < 4.78 is 18.2. The van der Waals surface area contributed by atoms with Gasteiger partial charge in [0.25, 0.3) is 0 Å². The van der Waals surface area contributed by atoms with Crippen LogP contribution in [0.25, 0.3) is 0 Å². The molecule has 1 heterocycles. The third kappa shape index (κ3) is 2.17. The summed E-state index contributed by atoms with van der Waals surface area (Å²) in [4.78, 5) is 1.97. The van der Waals surface area contributed by atoms with Gasteiger partial charge in [-0.05, 0) is 0 Å². The second-order valence-corrected chi connectivity index (χ2v) is 10.4. The van der Waals surface area contributed by atoms with Crippen LogP contribution in [0.4, 0.5) is 0 Å². The molecule has 0 saturated carbocycles. The zero-order valence-corrected chi connectivity index (χ0v) is 14.8. The van der Waals surface area contributed by atoms with Crippen LogP contribution in [0.2, 0.25) is 0 Å². The van der Waals surface area contributed by atoms with Gasteiger partial charge in [-0.3, -0.25) is 0 Å². The number of fused-ring (bicyclic) bond motifs is 1. The second kappa shape index (κ2) is 4.81. The third-order valence-electron chi connectivity index (χ3n) is 3.58. The van der Waals surface area contributed by atoms with Crippen molar-refractivity contribution in [1.29, 1.82) is 0 Å². The van der Waals surface area contributed by atoms with Gasteiger partial charge in [0, 0.05) is 0 Å². The molecule has 0 unspecified atom stereocenters. The topological polar surface area (TPSA) is 29.1 Å². The summed E-state index contributed by atoms with van der Waals surface area (Å²) in [6.07, 6.45) is 0. The summed E-state index contributed by atoms with van der Waals surface area (Å²) in [5.74, 6) is 0. The molecule has 4 heteroatoms. The molecule has 2 aromatic carbocycles. The Kier molecular flexibility index (Phi) is 3.38. The van der Waals surface area contributed by atoms with E-state index >= 15 is 0 Å². The number of hydrogen-bond acceptors (Lipinski definition) is 1. The van der Waals surface area contributed by atoms with Gasteiger partial charge in [0.2, 0.25) is 0 Å². The van der Waals surface area contributed by atoms with E-state index in [4.69, 9.17) is 0 Å². The van der Waals surface area contributed by atoms with E-state index in [2.05, 4.69) is 61.8 Å². The van der Waals surface area contributed by atoms with Gasteiger partial charge < -0.3 is 0 Å². The number of nitrogens with one attached hydrogen (secondary N) is 1. The van der Waals surface area contributed by atoms with Crippen LogP contribution in [0.5, 0.6) is 0 Å². The minimum atomic E-state index is -2.64. The Hall–Kier alpha value is -0.931. The Labute approximate surface area is 127 Å². The van der Waals surface area contributed by atoms with Crippen LogP contribution in [0.15, 0.2) is 40.1 Å². The molecule has 3 rings (SSSR count). The molecule has 2 aromatic rings. The van der Waals surface area contributed by atoms with Gasteiger partial charge in [0.15, 0.2) is 0 Å². The van der Waals surface area contributed by atoms with Crippen molar-refractivity contribution in [2.45, 2.75) is 37.5 Å². The van der Waals surface area contributed by atoms with Crippen molar-refractivity contribution < 1.29 is 4.21 Å². The summed E-state index contributed by atoms with van der Waals surface area (Å²) in [7, 11) is -2.64. The first kappa shape index (κ1) is 14.0. The minimum absolute atomic E-state index is 0.0975. The van der Waals surface area contributed by atoms with E-state index in [0.29, 0.717) is 0 Å². The van der Waals surface area contributed by atoms with Crippen molar-refractivity contribution in [3.63, 3.8) is 0 Å². The summed E-state index contributed by atoms with van der Waals surface area (Å²) in [5, 5.41) is 0. The first-order valence-corrected chi connectivity index (χ1v) is 10.1. The first-order valence-electron chi connectivity index (χ1n) is 6.65. The van der Waals surface area contributed by atoms with Gasteiger partial charge in [-0.25, -0.2) is 0 Å². The van der Waals surface area contributed by atoms with Crippen molar-refractivity contribution in [1.82, 2.24) is 3.74 Å². The molecule has 20 heavy (non-hydrogen) atoms. The van der Waals surface area contributed by atoms with Crippen LogP contribution in [-0.2, 0) is 10.1 Å². The molecule has 0 aromatic heterocycles. The summed E-state index contributed by atoms with van der Waals surface area (Å²) in [6.45, 7) is 8.31. The molecule has 0 radical (unpaired) electrons. The Morgan fingerprint density at radius 1 is 0.900 bits per heavy atom. The molecule has 2 nitrogen and oxygen atoms in total. The molecule has 1 aliphatic rings. The molecular weight excluding hydrogens is 333 g/mol. The molecule has 0 aliphatic carbocycles. The first-order chi connectivity index (χ1) is 9.40. The molecule has 0 saturated heterocycles. The van der Waals surface area contributed by atoms with Crippen LogP contribution in [0.3, 0.4) is 0 Å². The fraction of sp³-hybridized carbons (Fsp3) is 0.250. The maximum atomic E-state index is 13.6. The predicted octanol–water partition coefficient (Wildman–Crippen LogP) is 2.12. The quantitative estimate of drug-likeness (QED) is 0.598. The SMILES string of the molecule is Cc1cc(C)cc([SH]2(=O)N[Se]c3c(C)cc(C)cc32)c1. The van der Waals surface area contributed by atoms with Crippen molar-refractivity contribution in [3.8, 4) is 0 Å². The van der Waals surface area contributed by atoms with Crippen LogP contribution in [0.1, 0.15) is 22.3 Å². The standard InChI is InChI=1S/C16H19NOSSe/c1-10-5-11(2)8-14(7-10)19(18)15-9-12(3)6-13(4)16(15)20-17-19/h5-9,19H,1-4H3,(H,17,18). The van der Waals surface area contributed by atoms with Crippen LogP contribution in [-0.4, -0.2) is 19.4 Å². The zero-order valence-electron chi connectivity index (χ0n) is 12.2. The van der Waals surface area contributed by atoms with E-state index in [1.165, 1.54) is 26.7 Å². The summed E-state index contributed by atoms with van der Waals surface area (Å²) in [5.41, 5.74) is 4.78. The van der Waals surface area contributed by atoms with E-state index in [0.717, 1.165) is 9.79 Å². The van der Waals surface area contributed by atoms with E-state index in [1.807, 2.05) is 0 Å². The number of aryl methyl sites for hydroxylation is 4. The Morgan fingerprint density at radius 3 is 2.15 bits per heavy atom. The van der Waals surface area contributed by atoms with E-state index in [-0.39, 0.29) is 15.2 Å². The number of benzene rings is 2. The molecule has 1 aliphatic heterocycles. The molecule has 0 spiro atoms. The average molecular weight is 352 g/mol. The average Bonchev–Trinajstić information content (AvgIpc) is 2.68. The van der Waals surface area contributed by atoms with Crippen LogP contribution in [0, 0.1) is 27.7 Å². The Morgan fingerprint density at radius 2 is 1.50 bits per heavy atom. The second-order valence-electron chi connectivity index (χ2n) is 5.58. The van der Waals surface area contributed by atoms with Gasteiger partial charge in [0.1, 0.15) is 0 Å². The summed E-state index contributed by atoms with van der Waals surface area (Å²) >= 11 is 0.0975. The Bertz CT molecular complexity index is 734. The van der Waals surface area contributed by atoms with Crippen molar-refractivity contribution in [2.75, 3.05) is 0 Å². The van der Waals surface area contributed by atoms with Crippen molar-refractivity contribution in [3.05, 3.63) is 52.6 Å². The van der Waals surface area contributed by atoms with Gasteiger partial charge in [-0.1, -0.05) is 0 Å². The summed E-state index contributed by atoms with van der Waals surface area (Å²) in [6, 6.07) is 10.5. The normalized spacial score (nSPS) is 17.8. The molecule has 0 fully saturated rings. The van der Waals surface area contributed by atoms with Crippen LogP contribution < -0.4 is 8.20 Å². The molecule has 1 N–H and O–H groups in total. The third-order valence-corrected chi connectivity index (χ3v) is 10.0. The van der Waals surface area contributed by atoms with Gasteiger partial charge >= 0.3 is 128 Å². The van der Waals surface area contributed by atoms with Crippen molar-refractivity contribution >= 4 is 29.8 Å². The van der Waals surface area contributed by atoms with Crippen molar-refractivity contribution in [2.24, 2.45) is 0 Å². The number of rotatable bonds is 1. The van der Waals surface area contributed by atoms with E-state index < -0.39 is 10.1 Å². The van der Waals surface area contributed by atoms with Crippen LogP contribution >= 0.6 is 0 Å². The molecular formula is C16H19NOSSe. The zero-order chi connectivity index (χ0) is 14.5. The fourth-order valence-electron chi connectivity index (χ4n) is 2.78.